The zero-order chi connectivity index (χ0) is 15.7. The number of ether oxygens (including phenoxy) is 1. The molecule has 0 N–H and O–H groups in total. The van der Waals surface area contributed by atoms with Crippen molar-refractivity contribution in [3.8, 4) is 0 Å². The van der Waals surface area contributed by atoms with E-state index in [1.807, 2.05) is 6.92 Å². The van der Waals surface area contributed by atoms with Gasteiger partial charge in [-0.05, 0) is 31.2 Å². The number of carbonyl (C=O) groups excluding carboxylic acids is 1. The number of hydrogen-bond acceptors (Lipinski definition) is 5. The summed E-state index contributed by atoms with van der Waals surface area (Å²) < 4.78 is 32.3. The molecule has 1 aromatic rings. The van der Waals surface area contributed by atoms with Crippen molar-refractivity contribution in [2.24, 2.45) is 0 Å². The van der Waals surface area contributed by atoms with E-state index in [2.05, 4.69) is 0 Å². The van der Waals surface area contributed by atoms with Crippen molar-refractivity contribution >= 4 is 27.3 Å². The van der Waals surface area contributed by atoms with Gasteiger partial charge in [-0.25, -0.2) is 8.42 Å². The van der Waals surface area contributed by atoms with Gasteiger partial charge in [0.05, 0.1) is 12.7 Å². The first kappa shape index (κ1) is 15.9. The molecule has 3 heterocycles. The van der Waals surface area contributed by atoms with E-state index in [1.165, 1.54) is 15.6 Å². The summed E-state index contributed by atoms with van der Waals surface area (Å²) in [6.45, 7) is 4.49. The minimum Gasteiger partial charge on any atom is -0.375 e. The summed E-state index contributed by atoms with van der Waals surface area (Å²) in [6.07, 6.45) is 1.75. The average molecular weight is 344 g/mol. The van der Waals surface area contributed by atoms with Crippen molar-refractivity contribution in [3.63, 3.8) is 0 Å². The monoisotopic (exact) mass is 344 g/mol. The second-order valence-corrected chi connectivity index (χ2v) is 8.48. The van der Waals surface area contributed by atoms with Gasteiger partial charge in [0.15, 0.2) is 0 Å². The Balaban J connectivity index is 1.87. The van der Waals surface area contributed by atoms with Crippen molar-refractivity contribution in [3.05, 3.63) is 16.3 Å². The first-order valence-electron chi connectivity index (χ1n) is 7.48. The fraction of sp³-hybridized carbons (Fsp3) is 0.643. The molecule has 0 radical (unpaired) electrons. The zero-order valence-electron chi connectivity index (χ0n) is 12.5. The molecule has 0 saturated carbocycles. The first-order chi connectivity index (χ1) is 10.5. The van der Waals surface area contributed by atoms with Crippen LogP contribution in [0.25, 0.3) is 0 Å². The Morgan fingerprint density at radius 2 is 2.05 bits per heavy atom. The lowest BCUT2D eigenvalue weighted by molar-refractivity contribution is -0.0123. The molecule has 0 unspecified atom stereocenters. The third-order valence-electron chi connectivity index (χ3n) is 4.03. The van der Waals surface area contributed by atoms with Crippen LogP contribution in [0.1, 0.15) is 29.4 Å². The number of morpholine rings is 1. The molecule has 1 aromatic heterocycles. The lowest BCUT2D eigenvalue weighted by Crippen LogP contribution is -2.44. The normalized spacial score (nSPS) is 23.9. The van der Waals surface area contributed by atoms with Crippen LogP contribution < -0.4 is 0 Å². The second kappa shape index (κ2) is 6.27. The molecule has 0 aromatic carbocycles. The van der Waals surface area contributed by atoms with E-state index in [1.54, 1.807) is 16.3 Å². The van der Waals surface area contributed by atoms with Crippen molar-refractivity contribution < 1.29 is 17.9 Å². The molecule has 2 aliphatic heterocycles. The van der Waals surface area contributed by atoms with Crippen LogP contribution >= 0.6 is 11.3 Å². The second-order valence-electron chi connectivity index (χ2n) is 5.66. The first-order valence-corrected chi connectivity index (χ1v) is 9.80. The zero-order valence-corrected chi connectivity index (χ0v) is 14.2. The third kappa shape index (κ3) is 2.92. The highest BCUT2D eigenvalue weighted by molar-refractivity contribution is 7.89. The molecule has 8 heteroatoms. The predicted molar refractivity (Wildman–Crippen MR) is 83.6 cm³/mol. The van der Waals surface area contributed by atoms with Crippen LogP contribution in [0.3, 0.4) is 0 Å². The minimum atomic E-state index is -3.56. The van der Waals surface area contributed by atoms with Gasteiger partial charge in [0, 0.05) is 26.2 Å². The standard InChI is InChI=1S/C14H20N2O4S2/c1-11-10-15(7-8-20-11)14(17)13-12(4-9-21-13)22(18,19)16-5-2-3-6-16/h4,9,11H,2-3,5-8,10H2,1H3/t11-/m0/s1. The molecule has 3 rings (SSSR count). The summed E-state index contributed by atoms with van der Waals surface area (Å²) in [5.41, 5.74) is 0. The lowest BCUT2D eigenvalue weighted by Gasteiger charge is -2.31. The van der Waals surface area contributed by atoms with E-state index in [0.717, 1.165) is 12.8 Å². The van der Waals surface area contributed by atoms with E-state index in [4.69, 9.17) is 4.74 Å². The largest absolute Gasteiger partial charge is 0.375 e. The van der Waals surface area contributed by atoms with Crippen LogP contribution in [-0.4, -0.2) is 62.4 Å². The molecular formula is C14H20N2O4S2. The Morgan fingerprint density at radius 1 is 1.32 bits per heavy atom. The smallest absolute Gasteiger partial charge is 0.265 e. The quantitative estimate of drug-likeness (QED) is 0.831. The molecule has 0 bridgehead atoms. The van der Waals surface area contributed by atoms with E-state index >= 15 is 0 Å². The van der Waals surface area contributed by atoms with Gasteiger partial charge in [0.25, 0.3) is 5.91 Å². The topological polar surface area (TPSA) is 66.9 Å². The van der Waals surface area contributed by atoms with Crippen molar-refractivity contribution in [2.45, 2.75) is 30.8 Å². The molecule has 1 atom stereocenters. The molecule has 2 fully saturated rings. The number of rotatable bonds is 3. The maximum Gasteiger partial charge on any atom is 0.265 e. The summed E-state index contributed by atoms with van der Waals surface area (Å²) in [6, 6.07) is 1.55. The van der Waals surface area contributed by atoms with Crippen molar-refractivity contribution in [1.82, 2.24) is 9.21 Å². The van der Waals surface area contributed by atoms with Crippen LogP contribution in [0.15, 0.2) is 16.3 Å². The number of nitrogens with zero attached hydrogens (tertiary/aromatic N) is 2. The summed E-state index contributed by atoms with van der Waals surface area (Å²) in [5, 5.41) is 1.68. The molecule has 2 saturated heterocycles. The number of carbonyl (C=O) groups is 1. The van der Waals surface area contributed by atoms with Gasteiger partial charge < -0.3 is 9.64 Å². The fourth-order valence-corrected chi connectivity index (χ4v) is 5.75. The number of sulfonamides is 1. The summed E-state index contributed by atoms with van der Waals surface area (Å²) in [7, 11) is -3.56. The minimum absolute atomic E-state index is 0.0173. The van der Waals surface area contributed by atoms with E-state index in [0.29, 0.717) is 37.7 Å². The molecule has 0 spiro atoms. The molecule has 122 valence electrons. The van der Waals surface area contributed by atoms with E-state index in [9.17, 15) is 13.2 Å². The van der Waals surface area contributed by atoms with Crippen LogP contribution in [0.4, 0.5) is 0 Å². The molecule has 1 amide bonds. The van der Waals surface area contributed by atoms with Crippen LogP contribution in [-0.2, 0) is 14.8 Å². The van der Waals surface area contributed by atoms with Gasteiger partial charge >= 0.3 is 0 Å². The van der Waals surface area contributed by atoms with Crippen LogP contribution in [0.5, 0.6) is 0 Å². The van der Waals surface area contributed by atoms with Gasteiger partial charge in [-0.1, -0.05) is 0 Å². The Bertz CT molecular complexity index is 650. The number of amides is 1. The van der Waals surface area contributed by atoms with Crippen LogP contribution in [0, 0.1) is 0 Å². The van der Waals surface area contributed by atoms with Gasteiger partial charge in [-0.3, -0.25) is 4.79 Å². The summed E-state index contributed by atoms with van der Waals surface area (Å²) >= 11 is 1.20. The lowest BCUT2D eigenvalue weighted by atomic mass is 10.3. The van der Waals surface area contributed by atoms with Gasteiger partial charge in [0.1, 0.15) is 9.77 Å². The maximum atomic E-state index is 12.7. The third-order valence-corrected chi connectivity index (χ3v) is 7.01. The number of thiophene rings is 1. The Labute approximate surface area is 134 Å². The van der Waals surface area contributed by atoms with Crippen molar-refractivity contribution in [1.29, 1.82) is 0 Å². The molecule has 6 nitrogen and oxygen atoms in total. The Morgan fingerprint density at radius 3 is 2.73 bits per heavy atom. The predicted octanol–water partition coefficient (Wildman–Crippen LogP) is 1.39. The molecule has 2 aliphatic rings. The molecular weight excluding hydrogens is 324 g/mol. The molecule has 0 aliphatic carbocycles. The Kier molecular flexibility index (Phi) is 4.54. The average Bonchev–Trinajstić information content (AvgIpc) is 3.18. The highest BCUT2D eigenvalue weighted by Gasteiger charge is 2.34. The van der Waals surface area contributed by atoms with Gasteiger partial charge in [-0.2, -0.15) is 4.31 Å². The maximum absolute atomic E-state index is 12.7. The van der Waals surface area contributed by atoms with E-state index in [-0.39, 0.29) is 16.9 Å². The molecule has 22 heavy (non-hydrogen) atoms. The van der Waals surface area contributed by atoms with Crippen molar-refractivity contribution in [2.75, 3.05) is 32.8 Å². The number of hydrogen-bond donors (Lipinski definition) is 0. The van der Waals surface area contributed by atoms with Gasteiger partial charge in [0.2, 0.25) is 10.0 Å². The van der Waals surface area contributed by atoms with Gasteiger partial charge in [-0.15, -0.1) is 11.3 Å². The summed E-state index contributed by atoms with van der Waals surface area (Å²) in [5.74, 6) is -0.206. The highest BCUT2D eigenvalue weighted by Crippen LogP contribution is 2.29. The van der Waals surface area contributed by atoms with Crippen LogP contribution in [0.2, 0.25) is 0 Å². The Hall–Kier alpha value is -0.960. The van der Waals surface area contributed by atoms with E-state index < -0.39 is 10.0 Å². The SMILES string of the molecule is C[C@H]1CN(C(=O)c2sccc2S(=O)(=O)N2CCCC2)CCO1. The summed E-state index contributed by atoms with van der Waals surface area (Å²) in [4.78, 5) is 14.8. The highest BCUT2D eigenvalue weighted by atomic mass is 32.2. The fourth-order valence-electron chi connectivity index (χ4n) is 2.87.